The Balaban J connectivity index is 2.03. The van der Waals surface area contributed by atoms with Crippen LogP contribution in [-0.2, 0) is 22.9 Å². The van der Waals surface area contributed by atoms with Gasteiger partial charge in [0.05, 0.1) is 13.2 Å². The molecule has 3 nitrogen and oxygen atoms in total. The Bertz CT molecular complexity index is 699. The number of alkyl halides is 2. The van der Waals surface area contributed by atoms with E-state index in [4.69, 9.17) is 9.84 Å². The molecule has 1 saturated heterocycles. The van der Waals surface area contributed by atoms with Gasteiger partial charge in [0.15, 0.2) is 5.60 Å². The maximum Gasteiger partial charge on any atom is 0.324 e. The van der Waals surface area contributed by atoms with Gasteiger partial charge in [-0.15, -0.1) is 0 Å². The van der Waals surface area contributed by atoms with E-state index in [1.165, 1.54) is 6.07 Å². The van der Waals surface area contributed by atoms with Crippen molar-refractivity contribution in [3.63, 3.8) is 0 Å². The van der Waals surface area contributed by atoms with Crippen molar-refractivity contribution in [3.05, 3.63) is 65.0 Å². The highest BCUT2D eigenvalue weighted by molar-refractivity contribution is 5.35. The van der Waals surface area contributed by atoms with Gasteiger partial charge in [-0.3, -0.25) is 4.98 Å². The van der Waals surface area contributed by atoms with E-state index in [0.29, 0.717) is 11.6 Å². The van der Waals surface area contributed by atoms with Crippen LogP contribution in [-0.4, -0.2) is 16.7 Å². The zero-order chi connectivity index (χ0) is 16.0. The number of hydrogen-bond donors (Lipinski definition) is 1. The number of halogens is 4. The third-order valence-corrected chi connectivity index (χ3v) is 3.64. The average Bonchev–Trinajstić information content (AvgIpc) is 3.29. The maximum atomic E-state index is 14.7. The Labute approximate surface area is 123 Å². The summed E-state index contributed by atoms with van der Waals surface area (Å²) in [6.07, 6.45) is 1.11. The summed E-state index contributed by atoms with van der Waals surface area (Å²) in [5.41, 5.74) is -2.82. The molecule has 1 unspecified atom stereocenters. The second-order valence-corrected chi connectivity index (χ2v) is 5.02. The standard InChI is InChI=1S/C15H11F4NO2/c16-10-2-3-11(12(17)5-10)14(8-22-14)15(18,19)13-4-1-9(7-21)6-20-13/h1-6,21H,7-8H2. The molecule has 7 heteroatoms. The highest BCUT2D eigenvalue weighted by atomic mass is 19.3. The summed E-state index contributed by atoms with van der Waals surface area (Å²) in [5.74, 6) is -5.55. The molecule has 1 aliphatic heterocycles. The molecule has 1 aliphatic rings. The molecule has 116 valence electrons. The van der Waals surface area contributed by atoms with Crippen LogP contribution in [0.4, 0.5) is 17.6 Å². The van der Waals surface area contributed by atoms with Crippen molar-refractivity contribution in [3.8, 4) is 0 Å². The lowest BCUT2D eigenvalue weighted by Crippen LogP contribution is -2.34. The highest BCUT2D eigenvalue weighted by Crippen LogP contribution is 2.56. The minimum absolute atomic E-state index is 0.326. The van der Waals surface area contributed by atoms with Crippen molar-refractivity contribution in [1.29, 1.82) is 0 Å². The maximum absolute atomic E-state index is 14.7. The topological polar surface area (TPSA) is 45.6 Å². The molecule has 0 radical (unpaired) electrons. The van der Waals surface area contributed by atoms with Crippen molar-refractivity contribution in [2.75, 3.05) is 6.61 Å². The molecule has 2 heterocycles. The molecule has 0 aliphatic carbocycles. The van der Waals surface area contributed by atoms with Crippen LogP contribution >= 0.6 is 0 Å². The van der Waals surface area contributed by atoms with E-state index in [1.54, 1.807) is 0 Å². The van der Waals surface area contributed by atoms with Crippen LogP contribution in [0.25, 0.3) is 0 Å². The van der Waals surface area contributed by atoms with Crippen LogP contribution in [0.5, 0.6) is 0 Å². The number of aromatic nitrogens is 1. The van der Waals surface area contributed by atoms with Gasteiger partial charge in [0.2, 0.25) is 0 Å². The number of hydrogen-bond acceptors (Lipinski definition) is 3. The molecule has 1 atom stereocenters. The number of benzene rings is 1. The van der Waals surface area contributed by atoms with Crippen LogP contribution < -0.4 is 0 Å². The minimum Gasteiger partial charge on any atom is -0.392 e. The fourth-order valence-corrected chi connectivity index (χ4v) is 2.31. The van der Waals surface area contributed by atoms with Gasteiger partial charge in [-0.2, -0.15) is 8.78 Å². The van der Waals surface area contributed by atoms with E-state index in [-0.39, 0.29) is 6.61 Å². The molecule has 1 fully saturated rings. The highest BCUT2D eigenvalue weighted by Gasteiger charge is 2.68. The van der Waals surface area contributed by atoms with Crippen molar-refractivity contribution in [2.24, 2.45) is 0 Å². The van der Waals surface area contributed by atoms with Crippen molar-refractivity contribution < 1.29 is 27.4 Å². The Morgan fingerprint density at radius 3 is 2.45 bits per heavy atom. The first-order valence-electron chi connectivity index (χ1n) is 6.44. The number of aliphatic hydroxyl groups excluding tert-OH is 1. The van der Waals surface area contributed by atoms with E-state index in [1.807, 2.05) is 0 Å². The predicted octanol–water partition coefficient (Wildman–Crippen LogP) is 2.87. The predicted molar refractivity (Wildman–Crippen MR) is 68.0 cm³/mol. The van der Waals surface area contributed by atoms with Crippen LogP contribution in [0.3, 0.4) is 0 Å². The summed E-state index contributed by atoms with van der Waals surface area (Å²) >= 11 is 0. The minimum atomic E-state index is -3.60. The van der Waals surface area contributed by atoms with Crippen LogP contribution in [0.1, 0.15) is 16.8 Å². The summed E-state index contributed by atoms with van der Waals surface area (Å²) in [6.45, 7) is -0.723. The largest absolute Gasteiger partial charge is 0.392 e. The molecule has 3 rings (SSSR count). The second kappa shape index (κ2) is 5.03. The summed E-state index contributed by atoms with van der Waals surface area (Å²) < 4.78 is 61.1. The van der Waals surface area contributed by atoms with Gasteiger partial charge in [-0.25, -0.2) is 8.78 Å². The number of epoxide rings is 1. The second-order valence-electron chi connectivity index (χ2n) is 5.02. The summed E-state index contributed by atoms with van der Waals surface area (Å²) in [7, 11) is 0. The van der Waals surface area contributed by atoms with Gasteiger partial charge in [-0.1, -0.05) is 6.07 Å². The van der Waals surface area contributed by atoms with Gasteiger partial charge in [0, 0.05) is 17.8 Å². The van der Waals surface area contributed by atoms with Crippen LogP contribution in [0, 0.1) is 11.6 Å². The first kappa shape index (κ1) is 14.9. The SMILES string of the molecule is OCc1ccc(C(F)(F)C2(c3ccc(F)cc3F)CO2)nc1. The van der Waals surface area contributed by atoms with Gasteiger partial charge in [-0.05, 0) is 23.8 Å². The summed E-state index contributed by atoms with van der Waals surface area (Å²) in [4.78, 5) is 3.61. The Morgan fingerprint density at radius 2 is 1.95 bits per heavy atom. The zero-order valence-corrected chi connectivity index (χ0v) is 11.2. The number of nitrogens with zero attached hydrogens (tertiary/aromatic N) is 1. The van der Waals surface area contributed by atoms with E-state index in [9.17, 15) is 17.6 Å². The smallest absolute Gasteiger partial charge is 0.324 e. The van der Waals surface area contributed by atoms with E-state index >= 15 is 0 Å². The Kier molecular flexibility index (Phi) is 3.41. The average molecular weight is 313 g/mol. The molecule has 0 spiro atoms. The van der Waals surface area contributed by atoms with Gasteiger partial charge < -0.3 is 9.84 Å². The third-order valence-electron chi connectivity index (χ3n) is 3.64. The lowest BCUT2D eigenvalue weighted by atomic mass is 9.90. The molecule has 1 N–H and O–H groups in total. The van der Waals surface area contributed by atoms with Gasteiger partial charge in [0.25, 0.3) is 0 Å². The number of ether oxygens (including phenoxy) is 1. The van der Waals surface area contributed by atoms with Gasteiger partial charge in [0.1, 0.15) is 17.3 Å². The van der Waals surface area contributed by atoms with Crippen molar-refractivity contribution in [1.82, 2.24) is 4.98 Å². The van der Waals surface area contributed by atoms with Crippen LogP contribution in [0.2, 0.25) is 0 Å². The molecular weight excluding hydrogens is 302 g/mol. The molecule has 0 saturated carbocycles. The number of rotatable bonds is 4. The van der Waals surface area contributed by atoms with Gasteiger partial charge >= 0.3 is 5.92 Å². The molecule has 1 aromatic carbocycles. The Hall–Kier alpha value is -1.99. The van der Waals surface area contributed by atoms with Crippen LogP contribution in [0.15, 0.2) is 36.5 Å². The van der Waals surface area contributed by atoms with E-state index < -0.39 is 41.0 Å². The summed E-state index contributed by atoms with van der Waals surface area (Å²) in [5, 5.41) is 8.91. The first-order valence-corrected chi connectivity index (χ1v) is 6.44. The summed E-state index contributed by atoms with van der Waals surface area (Å²) in [6, 6.07) is 4.74. The quantitative estimate of drug-likeness (QED) is 0.697. The lowest BCUT2D eigenvalue weighted by Gasteiger charge is -2.24. The lowest BCUT2D eigenvalue weighted by molar-refractivity contribution is -0.0902. The number of pyridine rings is 1. The molecular formula is C15H11F4NO2. The molecule has 2 aromatic rings. The zero-order valence-electron chi connectivity index (χ0n) is 11.2. The van der Waals surface area contributed by atoms with Crippen molar-refractivity contribution >= 4 is 0 Å². The molecule has 22 heavy (non-hydrogen) atoms. The van der Waals surface area contributed by atoms with E-state index in [2.05, 4.69) is 4.98 Å². The number of aliphatic hydroxyl groups is 1. The monoisotopic (exact) mass is 313 g/mol. The fraction of sp³-hybridized carbons (Fsp3) is 0.267. The van der Waals surface area contributed by atoms with Crippen molar-refractivity contribution in [2.45, 2.75) is 18.1 Å². The normalized spacial score (nSPS) is 21.0. The van der Waals surface area contributed by atoms with E-state index in [0.717, 1.165) is 24.4 Å². The third kappa shape index (κ3) is 2.17. The molecule has 0 amide bonds. The fourth-order valence-electron chi connectivity index (χ4n) is 2.31. The molecule has 0 bridgehead atoms. The Morgan fingerprint density at radius 1 is 1.23 bits per heavy atom. The molecule has 1 aromatic heterocycles. The first-order chi connectivity index (χ1) is 10.4.